The van der Waals surface area contributed by atoms with Crippen molar-refractivity contribution in [3.05, 3.63) is 10.6 Å². The third kappa shape index (κ3) is 1.96. The number of hydrogen-bond donors (Lipinski definition) is 2. The zero-order valence-electron chi connectivity index (χ0n) is 9.56. The molecule has 2 heterocycles. The highest BCUT2D eigenvalue weighted by Gasteiger charge is 2.31. The number of rotatable bonds is 1. The fourth-order valence-electron chi connectivity index (χ4n) is 2.42. The number of aryl methyl sites for hydroxylation is 1. The monoisotopic (exact) mass is 252 g/mol. The van der Waals surface area contributed by atoms with Gasteiger partial charge < -0.3 is 11.5 Å². The third-order valence-electron chi connectivity index (χ3n) is 3.35. The van der Waals surface area contributed by atoms with Gasteiger partial charge in [0.2, 0.25) is 5.91 Å². The molecule has 1 unspecified atom stereocenters. The number of carbonyl (C=O) groups excluding carboxylic acids is 1. The van der Waals surface area contributed by atoms with Crippen LogP contribution < -0.4 is 16.4 Å². The highest BCUT2D eigenvalue weighted by atomic mass is 32.1. The summed E-state index contributed by atoms with van der Waals surface area (Å²) in [5.41, 5.74) is 12.9. The highest BCUT2D eigenvalue weighted by Crippen LogP contribution is 2.33. The van der Waals surface area contributed by atoms with E-state index in [9.17, 15) is 4.79 Å². The Hall–Kier alpha value is -0.980. The summed E-state index contributed by atoms with van der Waals surface area (Å²) in [6.07, 6.45) is 3.25. The summed E-state index contributed by atoms with van der Waals surface area (Å²) >= 11 is 1.60. The van der Waals surface area contributed by atoms with Crippen LogP contribution in [0.25, 0.3) is 0 Å². The van der Waals surface area contributed by atoms with Crippen LogP contribution in [0.1, 0.15) is 23.4 Å². The first-order valence-electron chi connectivity index (χ1n) is 5.93. The molecule has 0 bridgehead atoms. The van der Waals surface area contributed by atoms with Crippen LogP contribution in [-0.2, 0) is 17.6 Å². The molecule has 1 amide bonds. The number of aromatic nitrogens is 1. The van der Waals surface area contributed by atoms with Gasteiger partial charge in [-0.15, -0.1) is 11.3 Å². The molecule has 5 nitrogen and oxygen atoms in total. The number of nitrogens with two attached hydrogens (primary N) is 2. The van der Waals surface area contributed by atoms with Crippen molar-refractivity contribution < 1.29 is 4.79 Å². The Morgan fingerprint density at radius 3 is 2.82 bits per heavy atom. The minimum atomic E-state index is -0.0503. The van der Waals surface area contributed by atoms with Crippen LogP contribution in [0, 0.1) is 0 Å². The first-order chi connectivity index (χ1) is 8.13. The van der Waals surface area contributed by atoms with Crippen molar-refractivity contribution in [1.82, 2.24) is 4.98 Å². The lowest BCUT2D eigenvalue weighted by Gasteiger charge is -2.15. The van der Waals surface area contributed by atoms with Gasteiger partial charge in [-0.1, -0.05) is 0 Å². The number of thiazole rings is 1. The van der Waals surface area contributed by atoms with E-state index in [-0.39, 0.29) is 18.0 Å². The number of nitrogens with zero attached hydrogens (tertiary/aromatic N) is 2. The Labute approximate surface area is 104 Å². The van der Waals surface area contributed by atoms with Gasteiger partial charge >= 0.3 is 0 Å². The summed E-state index contributed by atoms with van der Waals surface area (Å²) < 4.78 is 0. The molecule has 1 fully saturated rings. The molecule has 0 radical (unpaired) electrons. The van der Waals surface area contributed by atoms with Gasteiger partial charge in [0.25, 0.3) is 0 Å². The van der Waals surface area contributed by atoms with Crippen molar-refractivity contribution in [2.75, 3.05) is 11.4 Å². The Bertz CT molecular complexity index is 458. The Morgan fingerprint density at radius 2 is 2.12 bits per heavy atom. The minimum absolute atomic E-state index is 0.0503. The number of anilines is 1. The molecule has 17 heavy (non-hydrogen) atoms. The zero-order chi connectivity index (χ0) is 12.0. The highest BCUT2D eigenvalue weighted by molar-refractivity contribution is 7.16. The normalized spacial score (nSPS) is 28.6. The fraction of sp³-hybridized carbons (Fsp3) is 0.636. The molecule has 1 aliphatic carbocycles. The molecule has 92 valence electrons. The van der Waals surface area contributed by atoms with Crippen LogP contribution in [0.3, 0.4) is 0 Å². The van der Waals surface area contributed by atoms with Gasteiger partial charge in [0, 0.05) is 29.9 Å². The molecular weight excluding hydrogens is 236 g/mol. The van der Waals surface area contributed by atoms with E-state index >= 15 is 0 Å². The third-order valence-corrected chi connectivity index (χ3v) is 4.50. The number of fused-ring (bicyclic) bond motifs is 1. The number of hydrogen-bond acceptors (Lipinski definition) is 5. The van der Waals surface area contributed by atoms with E-state index in [0.29, 0.717) is 13.0 Å². The molecule has 1 aromatic heterocycles. The second-order valence-electron chi connectivity index (χ2n) is 4.84. The van der Waals surface area contributed by atoms with E-state index in [1.165, 1.54) is 4.88 Å². The van der Waals surface area contributed by atoms with Crippen LogP contribution in [0.5, 0.6) is 0 Å². The maximum atomic E-state index is 11.8. The number of amides is 1. The second kappa shape index (κ2) is 4.04. The van der Waals surface area contributed by atoms with Crippen molar-refractivity contribution in [2.45, 2.75) is 37.8 Å². The van der Waals surface area contributed by atoms with Gasteiger partial charge in [-0.05, 0) is 19.3 Å². The van der Waals surface area contributed by atoms with Crippen LogP contribution >= 0.6 is 11.3 Å². The van der Waals surface area contributed by atoms with Gasteiger partial charge in [0.15, 0.2) is 5.13 Å². The maximum Gasteiger partial charge on any atom is 0.230 e. The molecule has 3 rings (SSSR count). The van der Waals surface area contributed by atoms with Crippen molar-refractivity contribution in [1.29, 1.82) is 0 Å². The lowest BCUT2D eigenvalue weighted by molar-refractivity contribution is -0.117. The molecule has 2 atom stereocenters. The molecule has 0 spiro atoms. The van der Waals surface area contributed by atoms with Gasteiger partial charge in [-0.3, -0.25) is 9.69 Å². The van der Waals surface area contributed by atoms with Crippen LogP contribution in [0.2, 0.25) is 0 Å². The molecule has 0 aromatic carbocycles. The molecule has 2 aliphatic rings. The van der Waals surface area contributed by atoms with E-state index in [1.807, 2.05) is 0 Å². The SMILES string of the molecule is NC1CC(=O)N(c2nc3c(s2)C[C@@H](N)CC3)C1. The van der Waals surface area contributed by atoms with Crippen LogP contribution in [0.15, 0.2) is 0 Å². The summed E-state index contributed by atoms with van der Waals surface area (Å²) in [4.78, 5) is 19.3. The largest absolute Gasteiger partial charge is 0.327 e. The summed E-state index contributed by atoms with van der Waals surface area (Å²) in [5, 5.41) is 0.807. The Morgan fingerprint density at radius 1 is 1.29 bits per heavy atom. The lowest BCUT2D eigenvalue weighted by Crippen LogP contribution is -2.28. The topological polar surface area (TPSA) is 85.2 Å². The Kier molecular flexibility index (Phi) is 2.65. The summed E-state index contributed by atoms with van der Waals surface area (Å²) in [7, 11) is 0. The number of carbonyl (C=O) groups is 1. The molecular formula is C11H16N4OS. The first-order valence-corrected chi connectivity index (χ1v) is 6.75. The first kappa shape index (κ1) is 11.1. The summed E-state index contributed by atoms with van der Waals surface area (Å²) in [5.74, 6) is 0.0906. The lowest BCUT2D eigenvalue weighted by atomic mass is 9.99. The fourth-order valence-corrected chi connectivity index (χ4v) is 3.65. The van der Waals surface area contributed by atoms with Crippen molar-refractivity contribution in [2.24, 2.45) is 11.5 Å². The molecule has 0 saturated carbocycles. The quantitative estimate of drug-likeness (QED) is 0.738. The average Bonchev–Trinajstić information content (AvgIpc) is 2.80. The minimum Gasteiger partial charge on any atom is -0.327 e. The van der Waals surface area contributed by atoms with Gasteiger partial charge in [-0.2, -0.15) is 0 Å². The smallest absolute Gasteiger partial charge is 0.230 e. The van der Waals surface area contributed by atoms with E-state index in [4.69, 9.17) is 11.5 Å². The zero-order valence-corrected chi connectivity index (χ0v) is 10.4. The Balaban J connectivity index is 1.87. The van der Waals surface area contributed by atoms with Gasteiger partial charge in [0.1, 0.15) is 0 Å². The van der Waals surface area contributed by atoms with Crippen LogP contribution in [0.4, 0.5) is 5.13 Å². The molecule has 1 aliphatic heterocycles. The van der Waals surface area contributed by atoms with E-state index in [0.717, 1.165) is 30.1 Å². The standard InChI is InChI=1S/C11H16N4OS/c12-6-1-2-8-9(3-6)17-11(14-8)15-5-7(13)4-10(15)16/h6-7H,1-5,12-13H2/t6-,7?/m0/s1. The van der Waals surface area contributed by atoms with Gasteiger partial charge in [-0.25, -0.2) is 4.98 Å². The predicted molar refractivity (Wildman–Crippen MR) is 67.1 cm³/mol. The van der Waals surface area contributed by atoms with E-state index in [1.54, 1.807) is 16.2 Å². The van der Waals surface area contributed by atoms with Crippen molar-refractivity contribution >= 4 is 22.4 Å². The van der Waals surface area contributed by atoms with Crippen molar-refractivity contribution in [3.8, 4) is 0 Å². The van der Waals surface area contributed by atoms with Crippen LogP contribution in [-0.4, -0.2) is 29.5 Å². The molecule has 1 saturated heterocycles. The van der Waals surface area contributed by atoms with Crippen molar-refractivity contribution in [3.63, 3.8) is 0 Å². The predicted octanol–water partition coefficient (Wildman–Crippen LogP) is 0.0231. The molecule has 4 N–H and O–H groups in total. The second-order valence-corrected chi connectivity index (χ2v) is 5.90. The van der Waals surface area contributed by atoms with E-state index < -0.39 is 0 Å². The van der Waals surface area contributed by atoms with Gasteiger partial charge in [0.05, 0.1) is 5.69 Å². The average molecular weight is 252 g/mol. The van der Waals surface area contributed by atoms with E-state index in [2.05, 4.69) is 4.98 Å². The molecule has 6 heteroatoms. The molecule has 1 aromatic rings. The summed E-state index contributed by atoms with van der Waals surface area (Å²) in [6, 6.07) is 0.193. The summed E-state index contributed by atoms with van der Waals surface area (Å²) in [6.45, 7) is 0.595. The maximum absolute atomic E-state index is 11.8.